The second kappa shape index (κ2) is 6.27. The quantitative estimate of drug-likeness (QED) is 0.899. The molecule has 2 fully saturated rings. The molecule has 0 amide bonds. The highest BCUT2D eigenvalue weighted by Gasteiger charge is 2.41. The summed E-state index contributed by atoms with van der Waals surface area (Å²) in [7, 11) is 0. The van der Waals surface area contributed by atoms with Crippen LogP contribution in [0.4, 0.5) is 4.39 Å². The van der Waals surface area contributed by atoms with Crippen molar-refractivity contribution in [1.29, 1.82) is 0 Å². The summed E-state index contributed by atoms with van der Waals surface area (Å²) in [6.07, 6.45) is 3.04. The van der Waals surface area contributed by atoms with E-state index in [2.05, 4.69) is 0 Å². The van der Waals surface area contributed by atoms with Gasteiger partial charge in [0.15, 0.2) is 0 Å². The van der Waals surface area contributed by atoms with Gasteiger partial charge in [-0.2, -0.15) is 11.8 Å². The number of halogens is 1. The Morgan fingerprint density at radius 2 is 2.14 bits per heavy atom. The van der Waals surface area contributed by atoms with Crippen molar-refractivity contribution in [2.45, 2.75) is 44.3 Å². The van der Waals surface area contributed by atoms with Gasteiger partial charge in [-0.25, -0.2) is 4.39 Å². The Morgan fingerprint density at radius 3 is 2.86 bits per heavy atom. The standard InChI is InChI=1S/C17H23FO2S/c1-12-2-3-14(15(18)10-12)16(19)13-4-7-20-17(11-13)5-8-21-9-6-17/h2-3,10,13,16,19H,4-9,11H2,1H3. The fourth-order valence-corrected chi connectivity index (χ4v) is 4.79. The summed E-state index contributed by atoms with van der Waals surface area (Å²) in [5.41, 5.74) is 1.25. The van der Waals surface area contributed by atoms with E-state index in [1.54, 1.807) is 6.07 Å². The summed E-state index contributed by atoms with van der Waals surface area (Å²) in [5, 5.41) is 10.6. The molecule has 0 aromatic heterocycles. The minimum atomic E-state index is -0.721. The average molecular weight is 310 g/mol. The van der Waals surface area contributed by atoms with Gasteiger partial charge in [0, 0.05) is 12.2 Å². The van der Waals surface area contributed by atoms with E-state index in [-0.39, 0.29) is 17.3 Å². The third-order valence-electron chi connectivity index (χ3n) is 4.86. The van der Waals surface area contributed by atoms with Gasteiger partial charge in [0.1, 0.15) is 5.82 Å². The Morgan fingerprint density at radius 1 is 1.38 bits per heavy atom. The molecule has 4 heteroatoms. The monoisotopic (exact) mass is 310 g/mol. The molecule has 2 aliphatic rings. The first kappa shape index (κ1) is 15.3. The fraction of sp³-hybridized carbons (Fsp3) is 0.647. The van der Waals surface area contributed by atoms with Gasteiger partial charge in [-0.3, -0.25) is 0 Å². The number of hydrogen-bond acceptors (Lipinski definition) is 3. The maximum atomic E-state index is 14.1. The molecule has 1 aromatic carbocycles. The number of ether oxygens (including phenoxy) is 1. The van der Waals surface area contributed by atoms with Crippen LogP contribution in [0.15, 0.2) is 18.2 Å². The Labute approximate surface area is 130 Å². The van der Waals surface area contributed by atoms with Crippen molar-refractivity contribution >= 4 is 11.8 Å². The largest absolute Gasteiger partial charge is 0.388 e. The summed E-state index contributed by atoms with van der Waals surface area (Å²) < 4.78 is 20.1. The lowest BCUT2D eigenvalue weighted by atomic mass is 9.78. The number of thioether (sulfide) groups is 1. The van der Waals surface area contributed by atoms with Crippen molar-refractivity contribution in [1.82, 2.24) is 0 Å². The molecule has 2 saturated heterocycles. The Kier molecular flexibility index (Phi) is 4.57. The maximum absolute atomic E-state index is 14.1. The molecule has 2 aliphatic heterocycles. The van der Waals surface area contributed by atoms with Crippen LogP contribution in [-0.2, 0) is 4.74 Å². The van der Waals surface area contributed by atoms with Crippen LogP contribution in [0.25, 0.3) is 0 Å². The maximum Gasteiger partial charge on any atom is 0.129 e. The summed E-state index contributed by atoms with van der Waals surface area (Å²) in [6.45, 7) is 2.54. The molecule has 0 bridgehead atoms. The highest BCUT2D eigenvalue weighted by atomic mass is 32.2. The molecule has 1 N–H and O–H groups in total. The molecular weight excluding hydrogens is 287 g/mol. The minimum Gasteiger partial charge on any atom is -0.388 e. The number of aliphatic hydroxyl groups is 1. The predicted molar refractivity (Wildman–Crippen MR) is 84.1 cm³/mol. The van der Waals surface area contributed by atoms with Crippen LogP contribution in [0.3, 0.4) is 0 Å². The van der Waals surface area contributed by atoms with E-state index in [4.69, 9.17) is 4.74 Å². The first-order valence-electron chi connectivity index (χ1n) is 7.75. The van der Waals surface area contributed by atoms with Crippen LogP contribution in [0.2, 0.25) is 0 Å². The van der Waals surface area contributed by atoms with E-state index >= 15 is 0 Å². The third kappa shape index (κ3) is 3.27. The third-order valence-corrected chi connectivity index (χ3v) is 5.84. The lowest BCUT2D eigenvalue weighted by molar-refractivity contribution is -0.121. The normalized spacial score (nSPS) is 26.7. The summed E-state index contributed by atoms with van der Waals surface area (Å²) in [4.78, 5) is 0. The zero-order valence-corrected chi connectivity index (χ0v) is 13.3. The number of aryl methyl sites for hydroxylation is 1. The van der Waals surface area contributed by atoms with Crippen molar-refractivity contribution in [2.24, 2.45) is 5.92 Å². The summed E-state index contributed by atoms with van der Waals surface area (Å²) in [6, 6.07) is 5.10. The van der Waals surface area contributed by atoms with Gasteiger partial charge >= 0.3 is 0 Å². The average Bonchev–Trinajstić information content (AvgIpc) is 2.47. The molecule has 0 saturated carbocycles. The molecular formula is C17H23FO2S. The van der Waals surface area contributed by atoms with Crippen LogP contribution >= 0.6 is 11.8 Å². The highest BCUT2D eigenvalue weighted by molar-refractivity contribution is 7.99. The van der Waals surface area contributed by atoms with Gasteiger partial charge < -0.3 is 9.84 Å². The van der Waals surface area contributed by atoms with Gasteiger partial charge in [0.2, 0.25) is 0 Å². The van der Waals surface area contributed by atoms with Crippen LogP contribution in [0, 0.1) is 18.7 Å². The SMILES string of the molecule is Cc1ccc(C(O)C2CCOC3(CCSCC3)C2)c(F)c1. The number of benzene rings is 1. The zero-order valence-electron chi connectivity index (χ0n) is 12.5. The lowest BCUT2D eigenvalue weighted by Crippen LogP contribution is -2.44. The molecule has 3 rings (SSSR count). The lowest BCUT2D eigenvalue weighted by Gasteiger charge is -2.44. The van der Waals surface area contributed by atoms with Crippen LogP contribution in [0.5, 0.6) is 0 Å². The van der Waals surface area contributed by atoms with Crippen LogP contribution < -0.4 is 0 Å². The predicted octanol–water partition coefficient (Wildman–Crippen LogP) is 3.86. The van der Waals surface area contributed by atoms with E-state index < -0.39 is 6.10 Å². The Bertz CT molecular complexity index is 494. The molecule has 116 valence electrons. The number of aliphatic hydroxyl groups excluding tert-OH is 1. The molecule has 0 radical (unpaired) electrons. The van der Waals surface area contributed by atoms with E-state index in [1.807, 2.05) is 24.8 Å². The van der Waals surface area contributed by atoms with Crippen LogP contribution in [-0.4, -0.2) is 28.8 Å². The highest BCUT2D eigenvalue weighted by Crippen LogP contribution is 2.43. The zero-order chi connectivity index (χ0) is 14.9. The van der Waals surface area contributed by atoms with E-state index in [9.17, 15) is 9.50 Å². The van der Waals surface area contributed by atoms with Crippen molar-refractivity contribution < 1.29 is 14.2 Å². The van der Waals surface area contributed by atoms with Gasteiger partial charge in [0.25, 0.3) is 0 Å². The molecule has 1 aromatic rings. The number of rotatable bonds is 2. The van der Waals surface area contributed by atoms with Gasteiger partial charge in [-0.15, -0.1) is 0 Å². The molecule has 2 nitrogen and oxygen atoms in total. The summed E-state index contributed by atoms with van der Waals surface area (Å²) >= 11 is 1.97. The molecule has 2 atom stereocenters. The molecule has 2 heterocycles. The fourth-order valence-electron chi connectivity index (χ4n) is 3.55. The molecule has 2 unspecified atom stereocenters. The molecule has 0 aliphatic carbocycles. The topological polar surface area (TPSA) is 29.5 Å². The van der Waals surface area contributed by atoms with E-state index in [0.717, 1.165) is 42.8 Å². The Balaban J connectivity index is 1.76. The van der Waals surface area contributed by atoms with E-state index in [0.29, 0.717) is 12.2 Å². The molecule has 21 heavy (non-hydrogen) atoms. The van der Waals surface area contributed by atoms with Crippen molar-refractivity contribution in [3.8, 4) is 0 Å². The smallest absolute Gasteiger partial charge is 0.129 e. The first-order chi connectivity index (χ1) is 10.1. The van der Waals surface area contributed by atoms with Gasteiger partial charge in [0.05, 0.1) is 11.7 Å². The minimum absolute atomic E-state index is 0.0731. The summed E-state index contributed by atoms with van der Waals surface area (Å²) in [5.74, 6) is 2.06. The van der Waals surface area contributed by atoms with Crippen molar-refractivity contribution in [2.75, 3.05) is 18.1 Å². The second-order valence-electron chi connectivity index (χ2n) is 6.37. The van der Waals surface area contributed by atoms with Gasteiger partial charge in [-0.05, 0) is 61.7 Å². The number of hydrogen-bond donors (Lipinski definition) is 1. The van der Waals surface area contributed by atoms with Gasteiger partial charge in [-0.1, -0.05) is 12.1 Å². The Hall–Kier alpha value is -0.580. The van der Waals surface area contributed by atoms with Crippen LogP contribution in [0.1, 0.15) is 42.9 Å². The molecule has 1 spiro atoms. The van der Waals surface area contributed by atoms with Crippen molar-refractivity contribution in [3.05, 3.63) is 35.1 Å². The van der Waals surface area contributed by atoms with E-state index in [1.165, 1.54) is 6.07 Å². The van der Waals surface area contributed by atoms with Crippen molar-refractivity contribution in [3.63, 3.8) is 0 Å². The first-order valence-corrected chi connectivity index (χ1v) is 8.91. The second-order valence-corrected chi connectivity index (χ2v) is 7.59.